The molecule has 0 aliphatic carbocycles. The molecule has 0 unspecified atom stereocenters. The summed E-state index contributed by atoms with van der Waals surface area (Å²) in [6.45, 7) is 8.33. The molecule has 0 amide bonds. The monoisotopic (exact) mass is 135 g/mol. The van der Waals surface area contributed by atoms with Crippen molar-refractivity contribution in [3.63, 3.8) is 0 Å². The normalized spacial score (nSPS) is 8.90. The molecule has 1 aromatic rings. The van der Waals surface area contributed by atoms with Crippen molar-refractivity contribution >= 4 is 5.69 Å². The molecule has 50 valence electrons. The second-order valence-corrected chi connectivity index (χ2v) is 2.02. The Kier molecular flexibility index (Phi) is 1.68. The quantitative estimate of drug-likeness (QED) is 0.482. The van der Waals surface area contributed by atoms with Gasteiger partial charge in [0.25, 0.3) is 0 Å². The van der Waals surface area contributed by atoms with Crippen LogP contribution >= 0.6 is 0 Å². The van der Waals surface area contributed by atoms with Crippen molar-refractivity contribution in [3.8, 4) is 0 Å². The minimum atomic E-state index is -0.435. The van der Waals surface area contributed by atoms with Crippen molar-refractivity contribution in [3.05, 3.63) is 41.0 Å². The van der Waals surface area contributed by atoms with E-state index in [9.17, 15) is 4.39 Å². The Hall–Kier alpha value is -1.36. The van der Waals surface area contributed by atoms with Crippen LogP contribution in [0.1, 0.15) is 5.56 Å². The van der Waals surface area contributed by atoms with Crippen LogP contribution in [-0.2, 0) is 0 Å². The van der Waals surface area contributed by atoms with Gasteiger partial charge < -0.3 is 0 Å². The maximum absolute atomic E-state index is 12.6. The highest BCUT2D eigenvalue weighted by molar-refractivity contribution is 5.52. The zero-order chi connectivity index (χ0) is 7.56. The summed E-state index contributed by atoms with van der Waals surface area (Å²) >= 11 is 0. The first-order valence-corrected chi connectivity index (χ1v) is 2.88. The molecule has 0 aromatic heterocycles. The van der Waals surface area contributed by atoms with E-state index in [0.29, 0.717) is 5.56 Å². The molecule has 0 spiro atoms. The molecule has 0 radical (unpaired) electrons. The highest BCUT2D eigenvalue weighted by Gasteiger charge is 2.01. The van der Waals surface area contributed by atoms with Gasteiger partial charge in [-0.05, 0) is 18.6 Å². The maximum Gasteiger partial charge on any atom is 0.224 e. The first kappa shape index (κ1) is 6.76. The molecule has 0 fully saturated rings. The highest BCUT2D eigenvalue weighted by Crippen LogP contribution is 2.21. The molecule has 0 aliphatic heterocycles. The highest BCUT2D eigenvalue weighted by atomic mass is 19.1. The van der Waals surface area contributed by atoms with Crippen LogP contribution in [0.25, 0.3) is 4.85 Å². The molecule has 10 heavy (non-hydrogen) atoms. The second kappa shape index (κ2) is 2.49. The molecule has 1 rings (SSSR count). The summed E-state index contributed by atoms with van der Waals surface area (Å²) in [5.41, 5.74) is 0.817. The Morgan fingerprint density at radius 3 is 2.60 bits per heavy atom. The number of rotatable bonds is 0. The van der Waals surface area contributed by atoms with Crippen LogP contribution in [0.2, 0.25) is 0 Å². The summed E-state index contributed by atoms with van der Waals surface area (Å²) in [7, 11) is 0. The van der Waals surface area contributed by atoms with Crippen LogP contribution in [0.15, 0.2) is 18.2 Å². The lowest BCUT2D eigenvalue weighted by atomic mass is 10.2. The van der Waals surface area contributed by atoms with Crippen molar-refractivity contribution in [1.82, 2.24) is 0 Å². The smallest absolute Gasteiger partial charge is 0.224 e. The summed E-state index contributed by atoms with van der Waals surface area (Å²) < 4.78 is 12.6. The van der Waals surface area contributed by atoms with Crippen molar-refractivity contribution < 1.29 is 4.39 Å². The van der Waals surface area contributed by atoms with Crippen molar-refractivity contribution in [2.75, 3.05) is 0 Å². The molecule has 0 atom stereocenters. The molecular formula is C8H6FN. The third-order valence-electron chi connectivity index (χ3n) is 1.30. The van der Waals surface area contributed by atoms with Gasteiger partial charge in [-0.1, -0.05) is 12.1 Å². The van der Waals surface area contributed by atoms with Gasteiger partial charge in [0.1, 0.15) is 5.82 Å². The lowest BCUT2D eigenvalue weighted by Gasteiger charge is -1.95. The van der Waals surface area contributed by atoms with Gasteiger partial charge in [-0.15, -0.1) is 0 Å². The van der Waals surface area contributed by atoms with Gasteiger partial charge in [-0.2, -0.15) is 0 Å². The van der Waals surface area contributed by atoms with E-state index in [-0.39, 0.29) is 5.69 Å². The number of benzene rings is 1. The Morgan fingerprint density at radius 2 is 2.20 bits per heavy atom. The maximum atomic E-state index is 12.6. The number of aryl methyl sites for hydroxylation is 1. The molecule has 1 nitrogen and oxygen atoms in total. The van der Waals surface area contributed by atoms with Gasteiger partial charge in [0, 0.05) is 0 Å². The van der Waals surface area contributed by atoms with Gasteiger partial charge in [0.15, 0.2) is 0 Å². The Bertz CT molecular complexity index is 266. The molecule has 0 aliphatic rings. The predicted octanol–water partition coefficient (Wildman–Crippen LogP) is 2.68. The molecule has 0 N–H and O–H groups in total. The molecule has 0 bridgehead atoms. The van der Waals surface area contributed by atoms with E-state index < -0.39 is 5.82 Å². The van der Waals surface area contributed by atoms with E-state index in [1.807, 2.05) is 0 Å². The minimum absolute atomic E-state index is 0.127. The van der Waals surface area contributed by atoms with Crippen LogP contribution in [0.5, 0.6) is 0 Å². The number of hydrogen-bond acceptors (Lipinski definition) is 0. The average Bonchev–Trinajstić information content (AvgIpc) is 1.88. The second-order valence-electron chi connectivity index (χ2n) is 2.02. The Morgan fingerprint density at radius 1 is 1.50 bits per heavy atom. The summed E-state index contributed by atoms with van der Waals surface area (Å²) in [4.78, 5) is 3.04. The van der Waals surface area contributed by atoms with E-state index in [0.717, 1.165) is 0 Å². The van der Waals surface area contributed by atoms with E-state index in [4.69, 9.17) is 6.57 Å². The lowest BCUT2D eigenvalue weighted by molar-refractivity contribution is 0.633. The van der Waals surface area contributed by atoms with Crippen LogP contribution in [-0.4, -0.2) is 0 Å². The molecular weight excluding hydrogens is 129 g/mol. The van der Waals surface area contributed by atoms with Crippen LogP contribution < -0.4 is 0 Å². The number of halogens is 1. The average molecular weight is 135 g/mol. The summed E-state index contributed by atoms with van der Waals surface area (Å²) in [5.74, 6) is -0.435. The zero-order valence-corrected chi connectivity index (χ0v) is 5.56. The van der Waals surface area contributed by atoms with Crippen molar-refractivity contribution in [1.29, 1.82) is 0 Å². The van der Waals surface area contributed by atoms with Gasteiger partial charge in [0.2, 0.25) is 5.69 Å². The van der Waals surface area contributed by atoms with Crippen molar-refractivity contribution in [2.24, 2.45) is 0 Å². The SMILES string of the molecule is [C-]#[N+]c1c(C)cccc1F. The van der Waals surface area contributed by atoms with E-state index in [1.165, 1.54) is 6.07 Å². The van der Waals surface area contributed by atoms with E-state index >= 15 is 0 Å². The van der Waals surface area contributed by atoms with Gasteiger partial charge in [-0.3, -0.25) is 0 Å². The van der Waals surface area contributed by atoms with Gasteiger partial charge in [-0.25, -0.2) is 9.24 Å². The van der Waals surface area contributed by atoms with E-state index in [2.05, 4.69) is 4.85 Å². The van der Waals surface area contributed by atoms with Gasteiger partial charge >= 0.3 is 0 Å². The summed E-state index contributed by atoms with van der Waals surface area (Å²) in [6, 6.07) is 4.61. The van der Waals surface area contributed by atoms with E-state index in [1.54, 1.807) is 19.1 Å². The van der Waals surface area contributed by atoms with Crippen LogP contribution in [0.4, 0.5) is 10.1 Å². The third-order valence-corrected chi connectivity index (χ3v) is 1.30. The van der Waals surface area contributed by atoms with Crippen LogP contribution in [0.3, 0.4) is 0 Å². The fraction of sp³-hybridized carbons (Fsp3) is 0.125. The fourth-order valence-corrected chi connectivity index (χ4v) is 0.765. The summed E-state index contributed by atoms with van der Waals surface area (Å²) in [5, 5.41) is 0. The molecule has 0 saturated heterocycles. The van der Waals surface area contributed by atoms with Crippen LogP contribution in [0, 0.1) is 19.3 Å². The summed E-state index contributed by atoms with van der Waals surface area (Å²) in [6.07, 6.45) is 0. The Labute approximate surface area is 58.9 Å². The Balaban J connectivity index is 3.34. The number of para-hydroxylation sites is 1. The molecule has 0 heterocycles. The zero-order valence-electron chi connectivity index (χ0n) is 5.56. The minimum Gasteiger partial charge on any atom is -0.235 e. The molecule has 2 heteroatoms. The molecule has 0 saturated carbocycles. The first-order valence-electron chi connectivity index (χ1n) is 2.88. The predicted molar refractivity (Wildman–Crippen MR) is 37.4 cm³/mol. The lowest BCUT2D eigenvalue weighted by Crippen LogP contribution is -1.76. The van der Waals surface area contributed by atoms with Gasteiger partial charge in [0.05, 0.1) is 6.57 Å². The molecule has 1 aromatic carbocycles. The standard InChI is InChI=1S/C8H6FN/c1-6-4-3-5-7(9)8(6)10-2/h3-5H,1H3. The fourth-order valence-electron chi connectivity index (χ4n) is 0.765. The first-order chi connectivity index (χ1) is 4.75. The number of nitrogens with zero attached hydrogens (tertiary/aromatic N) is 1. The topological polar surface area (TPSA) is 4.36 Å². The largest absolute Gasteiger partial charge is 0.235 e. The third kappa shape index (κ3) is 0.985. The number of hydrogen-bond donors (Lipinski definition) is 0. The van der Waals surface area contributed by atoms with Crippen molar-refractivity contribution in [2.45, 2.75) is 6.92 Å².